The van der Waals surface area contributed by atoms with Gasteiger partial charge in [-0.1, -0.05) is 0 Å². The van der Waals surface area contributed by atoms with Crippen LogP contribution >= 0.6 is 0 Å². The van der Waals surface area contributed by atoms with Gasteiger partial charge in [-0.25, -0.2) is 0 Å². The molecule has 5 nitrogen and oxygen atoms in total. The van der Waals surface area contributed by atoms with Crippen molar-refractivity contribution in [3.63, 3.8) is 0 Å². The second-order valence-corrected chi connectivity index (χ2v) is 3.88. The van der Waals surface area contributed by atoms with Crippen LogP contribution in [0.25, 0.3) is 0 Å². The molecule has 0 aromatic carbocycles. The van der Waals surface area contributed by atoms with Gasteiger partial charge in [0.25, 0.3) is 5.91 Å². The molecule has 0 radical (unpaired) electrons. The van der Waals surface area contributed by atoms with Crippen LogP contribution in [0.15, 0.2) is 12.3 Å². The van der Waals surface area contributed by atoms with E-state index in [0.29, 0.717) is 24.1 Å². The molecule has 1 heterocycles. The molecule has 5 heteroatoms. The molecular weight excluding hydrogens is 206 g/mol. The van der Waals surface area contributed by atoms with Crippen molar-refractivity contribution in [1.29, 1.82) is 0 Å². The fourth-order valence-corrected chi connectivity index (χ4v) is 1.30. The summed E-state index contributed by atoms with van der Waals surface area (Å²) in [6.07, 6.45) is 3.13. The predicted octanol–water partition coefficient (Wildman–Crippen LogP) is 0.509. The van der Waals surface area contributed by atoms with Gasteiger partial charge in [-0.2, -0.15) is 0 Å². The average Bonchev–Trinajstić information content (AvgIpc) is 2.72. The van der Waals surface area contributed by atoms with E-state index in [2.05, 4.69) is 15.2 Å². The van der Waals surface area contributed by atoms with Crippen molar-refractivity contribution in [1.82, 2.24) is 15.2 Å². The Morgan fingerprint density at radius 3 is 2.88 bits per heavy atom. The quantitative estimate of drug-likeness (QED) is 0.545. The van der Waals surface area contributed by atoms with Crippen LogP contribution in [0, 0.1) is 0 Å². The summed E-state index contributed by atoms with van der Waals surface area (Å²) in [5, 5.41) is 2.78. The number of amides is 1. The number of nitrogens with zero attached hydrogens (tertiary/aromatic N) is 1. The third-order valence-corrected chi connectivity index (χ3v) is 2.15. The summed E-state index contributed by atoms with van der Waals surface area (Å²) in [5.74, 6) is -0.174. The molecule has 0 aliphatic rings. The maximum Gasteiger partial charge on any atom is 0.267 e. The number of aldehydes is 1. The molecule has 2 N–H and O–H groups in total. The molecule has 0 saturated carbocycles. The summed E-state index contributed by atoms with van der Waals surface area (Å²) in [6.45, 7) is 1.57. The standard InChI is InChI=1S/C11H17N3O2/c1-14(2)5-3-4-12-11(16)10-6-9(8-15)7-13-10/h6-8,13H,3-5H2,1-2H3,(H,12,16). The van der Waals surface area contributed by atoms with Gasteiger partial charge in [-0.3, -0.25) is 9.59 Å². The summed E-state index contributed by atoms with van der Waals surface area (Å²) in [6, 6.07) is 1.54. The highest BCUT2D eigenvalue weighted by Crippen LogP contribution is 2.00. The Morgan fingerprint density at radius 1 is 1.56 bits per heavy atom. The minimum absolute atomic E-state index is 0.174. The van der Waals surface area contributed by atoms with Crippen molar-refractivity contribution in [2.75, 3.05) is 27.2 Å². The number of carbonyl (C=O) groups excluding carboxylic acids is 2. The molecule has 1 amide bonds. The van der Waals surface area contributed by atoms with Crippen molar-refractivity contribution < 1.29 is 9.59 Å². The summed E-state index contributed by atoms with van der Waals surface area (Å²) in [5.41, 5.74) is 0.908. The topological polar surface area (TPSA) is 65.2 Å². The van der Waals surface area contributed by atoms with Crippen LogP contribution in [-0.4, -0.2) is 49.3 Å². The predicted molar refractivity (Wildman–Crippen MR) is 61.7 cm³/mol. The van der Waals surface area contributed by atoms with E-state index in [-0.39, 0.29) is 5.91 Å². The van der Waals surface area contributed by atoms with Crippen LogP contribution in [0.4, 0.5) is 0 Å². The molecule has 0 unspecified atom stereocenters. The fraction of sp³-hybridized carbons (Fsp3) is 0.455. The van der Waals surface area contributed by atoms with Crippen LogP contribution in [0.3, 0.4) is 0 Å². The summed E-state index contributed by atoms with van der Waals surface area (Å²) >= 11 is 0. The van der Waals surface area contributed by atoms with Crippen molar-refractivity contribution >= 4 is 12.2 Å². The van der Waals surface area contributed by atoms with Gasteiger partial charge in [-0.15, -0.1) is 0 Å². The summed E-state index contributed by atoms with van der Waals surface area (Å²) < 4.78 is 0. The van der Waals surface area contributed by atoms with Gasteiger partial charge in [0.1, 0.15) is 5.69 Å². The minimum Gasteiger partial charge on any atom is -0.357 e. The second kappa shape index (κ2) is 6.07. The van der Waals surface area contributed by atoms with Gasteiger partial charge in [0.15, 0.2) is 6.29 Å². The molecule has 0 bridgehead atoms. The first-order chi connectivity index (χ1) is 7.63. The first kappa shape index (κ1) is 12.4. The lowest BCUT2D eigenvalue weighted by molar-refractivity contribution is 0.0948. The Balaban J connectivity index is 2.32. The highest BCUT2D eigenvalue weighted by molar-refractivity contribution is 5.94. The number of aromatic nitrogens is 1. The monoisotopic (exact) mass is 223 g/mol. The number of nitrogens with one attached hydrogen (secondary N) is 2. The van der Waals surface area contributed by atoms with E-state index in [1.165, 1.54) is 12.3 Å². The zero-order valence-corrected chi connectivity index (χ0v) is 9.62. The Kier molecular flexibility index (Phi) is 4.72. The number of rotatable bonds is 6. The number of hydrogen-bond donors (Lipinski definition) is 2. The van der Waals surface area contributed by atoms with E-state index < -0.39 is 0 Å². The molecule has 0 atom stereocenters. The first-order valence-corrected chi connectivity index (χ1v) is 5.20. The van der Waals surface area contributed by atoms with Gasteiger partial charge in [-0.05, 0) is 33.1 Å². The fourth-order valence-electron chi connectivity index (χ4n) is 1.30. The van der Waals surface area contributed by atoms with Crippen LogP contribution < -0.4 is 5.32 Å². The number of hydrogen-bond acceptors (Lipinski definition) is 3. The smallest absolute Gasteiger partial charge is 0.267 e. The maximum atomic E-state index is 11.5. The highest BCUT2D eigenvalue weighted by Gasteiger charge is 2.07. The van der Waals surface area contributed by atoms with E-state index in [0.717, 1.165) is 13.0 Å². The van der Waals surface area contributed by atoms with Crippen molar-refractivity contribution in [3.8, 4) is 0 Å². The Bertz CT molecular complexity index is 358. The van der Waals surface area contributed by atoms with Crippen LogP contribution in [0.2, 0.25) is 0 Å². The lowest BCUT2D eigenvalue weighted by Gasteiger charge is -2.09. The average molecular weight is 223 g/mol. The van der Waals surface area contributed by atoms with Crippen LogP contribution in [0.1, 0.15) is 27.3 Å². The molecule has 0 saturated heterocycles. The Hall–Kier alpha value is -1.62. The van der Waals surface area contributed by atoms with Gasteiger partial charge < -0.3 is 15.2 Å². The van der Waals surface area contributed by atoms with E-state index >= 15 is 0 Å². The normalized spacial score (nSPS) is 10.4. The Morgan fingerprint density at radius 2 is 2.31 bits per heavy atom. The van der Waals surface area contributed by atoms with E-state index in [4.69, 9.17) is 0 Å². The molecular formula is C11H17N3O2. The van der Waals surface area contributed by atoms with Crippen molar-refractivity contribution in [2.24, 2.45) is 0 Å². The lowest BCUT2D eigenvalue weighted by atomic mass is 10.3. The van der Waals surface area contributed by atoms with Gasteiger partial charge in [0.2, 0.25) is 0 Å². The highest BCUT2D eigenvalue weighted by atomic mass is 16.1. The minimum atomic E-state index is -0.174. The Labute approximate surface area is 94.8 Å². The summed E-state index contributed by atoms with van der Waals surface area (Å²) in [7, 11) is 3.98. The molecule has 0 aliphatic carbocycles. The molecule has 1 aromatic heterocycles. The van der Waals surface area contributed by atoms with Gasteiger partial charge in [0.05, 0.1) is 0 Å². The number of aromatic amines is 1. The van der Waals surface area contributed by atoms with Crippen LogP contribution in [0.5, 0.6) is 0 Å². The van der Waals surface area contributed by atoms with Crippen LogP contribution in [-0.2, 0) is 0 Å². The maximum absolute atomic E-state index is 11.5. The third-order valence-electron chi connectivity index (χ3n) is 2.15. The first-order valence-electron chi connectivity index (χ1n) is 5.20. The molecule has 88 valence electrons. The molecule has 1 rings (SSSR count). The molecule has 16 heavy (non-hydrogen) atoms. The molecule has 0 aliphatic heterocycles. The van der Waals surface area contributed by atoms with E-state index in [1.807, 2.05) is 14.1 Å². The lowest BCUT2D eigenvalue weighted by Crippen LogP contribution is -2.27. The molecule has 0 spiro atoms. The number of carbonyl (C=O) groups is 2. The van der Waals surface area contributed by atoms with Gasteiger partial charge in [0, 0.05) is 18.3 Å². The zero-order chi connectivity index (χ0) is 12.0. The van der Waals surface area contributed by atoms with Crippen molar-refractivity contribution in [3.05, 3.63) is 23.5 Å². The van der Waals surface area contributed by atoms with Crippen molar-refractivity contribution in [2.45, 2.75) is 6.42 Å². The number of H-pyrrole nitrogens is 1. The molecule has 0 fully saturated rings. The largest absolute Gasteiger partial charge is 0.357 e. The zero-order valence-electron chi connectivity index (χ0n) is 9.62. The second-order valence-electron chi connectivity index (χ2n) is 3.88. The summed E-state index contributed by atoms with van der Waals surface area (Å²) in [4.78, 5) is 26.8. The van der Waals surface area contributed by atoms with Gasteiger partial charge >= 0.3 is 0 Å². The van der Waals surface area contributed by atoms with E-state index in [9.17, 15) is 9.59 Å². The molecule has 1 aromatic rings. The third kappa shape index (κ3) is 3.86. The SMILES string of the molecule is CN(C)CCCNC(=O)c1cc(C=O)c[nH]1. The van der Waals surface area contributed by atoms with E-state index in [1.54, 1.807) is 0 Å².